The van der Waals surface area contributed by atoms with Crippen LogP contribution in [0.25, 0.3) is 0 Å². The Bertz CT molecular complexity index is 1360. The lowest BCUT2D eigenvalue weighted by Crippen LogP contribution is -2.57. The van der Waals surface area contributed by atoms with E-state index in [9.17, 15) is 36.2 Å². The maximum Gasteiger partial charge on any atom is 0.416 e. The molecule has 1 aromatic heterocycles. The molecule has 0 aliphatic carbocycles. The topological polar surface area (TPSA) is 99.0 Å². The second kappa shape index (κ2) is 13.7. The number of piperidine rings is 1. The number of hydrogen-bond donors (Lipinski definition) is 2. The number of ether oxygens (including phenoxy) is 1. The highest BCUT2D eigenvalue weighted by atomic mass is 19.4. The molecular weight excluding hydrogens is 594 g/mol. The third-order valence-corrected chi connectivity index (χ3v) is 7.55. The summed E-state index contributed by atoms with van der Waals surface area (Å²) in [5, 5.41) is 19.1. The standard InChI is InChI=1S/C30H32F6N4O4/c1-2-23-14-24(15-25(40(23)28(42)43)12-19-6-4-3-5-7-19)39(27-37-16-26(17-38-27)44-9-8-41)18-20-10-21(29(31,32)33)13-22(11-20)30(34,35)36/h3-7,10-11,13,16-17,23-25,41H,2,8-9,12,14-15,18H2,1H3,(H,42,43). The van der Waals surface area contributed by atoms with E-state index >= 15 is 0 Å². The number of aliphatic hydroxyl groups is 1. The minimum Gasteiger partial charge on any atom is -0.488 e. The number of hydrogen-bond acceptors (Lipinski definition) is 6. The molecule has 238 valence electrons. The summed E-state index contributed by atoms with van der Waals surface area (Å²) in [5.74, 6) is 0.227. The van der Waals surface area contributed by atoms with Gasteiger partial charge in [-0.3, -0.25) is 0 Å². The van der Waals surface area contributed by atoms with E-state index in [-0.39, 0.29) is 49.4 Å². The Kier molecular flexibility index (Phi) is 10.2. The third kappa shape index (κ3) is 8.10. The van der Waals surface area contributed by atoms with Crippen LogP contribution >= 0.6 is 0 Å². The van der Waals surface area contributed by atoms with Crippen molar-refractivity contribution in [1.29, 1.82) is 0 Å². The van der Waals surface area contributed by atoms with Crippen LogP contribution in [0.1, 0.15) is 48.4 Å². The van der Waals surface area contributed by atoms with Gasteiger partial charge >= 0.3 is 18.4 Å². The molecular formula is C30H32F6N4O4. The second-order valence-electron chi connectivity index (χ2n) is 10.6. The fraction of sp³-hybridized carbons (Fsp3) is 0.433. The summed E-state index contributed by atoms with van der Waals surface area (Å²) in [4.78, 5) is 23.9. The summed E-state index contributed by atoms with van der Waals surface area (Å²) in [6, 6.07) is 9.04. The van der Waals surface area contributed by atoms with Crippen LogP contribution in [0.5, 0.6) is 5.75 Å². The van der Waals surface area contributed by atoms with Crippen LogP contribution in [-0.2, 0) is 25.3 Å². The molecule has 1 aliphatic rings. The van der Waals surface area contributed by atoms with Crippen LogP contribution in [0.2, 0.25) is 0 Å². The molecule has 1 saturated heterocycles. The van der Waals surface area contributed by atoms with Crippen LogP contribution in [0.3, 0.4) is 0 Å². The van der Waals surface area contributed by atoms with Gasteiger partial charge in [0.25, 0.3) is 0 Å². The Balaban J connectivity index is 1.77. The Morgan fingerprint density at radius 2 is 1.55 bits per heavy atom. The number of anilines is 1. The number of amides is 1. The first-order chi connectivity index (χ1) is 20.8. The average Bonchev–Trinajstić information content (AvgIpc) is 2.98. The monoisotopic (exact) mass is 626 g/mol. The van der Waals surface area contributed by atoms with E-state index < -0.39 is 54.2 Å². The summed E-state index contributed by atoms with van der Waals surface area (Å²) in [6.07, 6.45) is -7.33. The van der Waals surface area contributed by atoms with Gasteiger partial charge in [0.2, 0.25) is 5.95 Å². The zero-order chi connectivity index (χ0) is 32.1. The van der Waals surface area contributed by atoms with Gasteiger partial charge in [-0.2, -0.15) is 26.3 Å². The molecule has 4 rings (SSSR count). The Labute approximate surface area is 249 Å². The van der Waals surface area contributed by atoms with Gasteiger partial charge in [-0.05, 0) is 55.0 Å². The number of alkyl halides is 6. The molecule has 1 fully saturated rings. The lowest BCUT2D eigenvalue weighted by atomic mass is 9.86. The van der Waals surface area contributed by atoms with Crippen LogP contribution < -0.4 is 9.64 Å². The first-order valence-electron chi connectivity index (χ1n) is 14.0. The molecule has 3 unspecified atom stereocenters. The van der Waals surface area contributed by atoms with Crippen molar-refractivity contribution in [3.63, 3.8) is 0 Å². The summed E-state index contributed by atoms with van der Waals surface area (Å²) >= 11 is 0. The summed E-state index contributed by atoms with van der Waals surface area (Å²) < 4.78 is 87.3. The molecule has 1 aliphatic heterocycles. The zero-order valence-corrected chi connectivity index (χ0v) is 23.7. The molecule has 8 nitrogen and oxygen atoms in total. The maximum absolute atomic E-state index is 13.7. The van der Waals surface area contributed by atoms with Crippen molar-refractivity contribution in [3.05, 3.63) is 83.2 Å². The molecule has 0 spiro atoms. The average molecular weight is 627 g/mol. The first-order valence-corrected chi connectivity index (χ1v) is 14.0. The summed E-state index contributed by atoms with van der Waals surface area (Å²) in [6.45, 7) is 1.10. The Hall–Kier alpha value is -4.07. The van der Waals surface area contributed by atoms with Gasteiger partial charge in [-0.15, -0.1) is 0 Å². The van der Waals surface area contributed by atoms with E-state index in [0.717, 1.165) is 5.56 Å². The number of rotatable bonds is 10. The summed E-state index contributed by atoms with van der Waals surface area (Å²) in [7, 11) is 0. The molecule has 0 saturated carbocycles. The van der Waals surface area contributed by atoms with Gasteiger partial charge in [-0.25, -0.2) is 14.8 Å². The number of carbonyl (C=O) groups is 1. The van der Waals surface area contributed by atoms with E-state index in [2.05, 4.69) is 9.97 Å². The van der Waals surface area contributed by atoms with Crippen molar-refractivity contribution in [2.75, 3.05) is 18.1 Å². The first kappa shape index (κ1) is 32.8. The molecule has 0 bridgehead atoms. The van der Waals surface area contributed by atoms with Gasteiger partial charge in [0.05, 0.1) is 30.1 Å². The highest BCUT2D eigenvalue weighted by molar-refractivity contribution is 5.66. The smallest absolute Gasteiger partial charge is 0.416 e. The third-order valence-electron chi connectivity index (χ3n) is 7.55. The lowest BCUT2D eigenvalue weighted by Gasteiger charge is -2.47. The van der Waals surface area contributed by atoms with E-state index in [4.69, 9.17) is 9.84 Å². The van der Waals surface area contributed by atoms with Crippen molar-refractivity contribution >= 4 is 12.0 Å². The van der Waals surface area contributed by atoms with Crippen molar-refractivity contribution < 1.29 is 46.1 Å². The molecule has 14 heteroatoms. The van der Waals surface area contributed by atoms with Crippen molar-refractivity contribution in [1.82, 2.24) is 14.9 Å². The SMILES string of the molecule is CCC1CC(N(Cc2cc(C(F)(F)F)cc(C(F)(F)F)c2)c2ncc(OCCO)cn2)CC(Cc2ccccc2)N1C(=O)O. The van der Waals surface area contributed by atoms with E-state index in [1.54, 1.807) is 0 Å². The van der Waals surface area contributed by atoms with Gasteiger partial charge in [0.1, 0.15) is 6.61 Å². The number of benzene rings is 2. The van der Waals surface area contributed by atoms with Gasteiger partial charge < -0.3 is 24.7 Å². The number of halogens is 6. The lowest BCUT2D eigenvalue weighted by molar-refractivity contribution is -0.143. The normalized spacial score (nSPS) is 19.1. The van der Waals surface area contributed by atoms with Crippen LogP contribution in [0, 0.1) is 0 Å². The van der Waals surface area contributed by atoms with E-state index in [1.165, 1.54) is 22.2 Å². The predicted octanol–water partition coefficient (Wildman–Crippen LogP) is 6.42. The molecule has 0 radical (unpaired) electrons. The van der Waals surface area contributed by atoms with Crippen molar-refractivity contribution in [3.8, 4) is 5.75 Å². The number of nitrogens with zero attached hydrogens (tertiary/aromatic N) is 4. The molecule has 1 amide bonds. The number of aromatic nitrogens is 2. The quantitative estimate of drug-likeness (QED) is 0.251. The molecule has 3 aromatic rings. The molecule has 2 aromatic carbocycles. The highest BCUT2D eigenvalue weighted by Crippen LogP contribution is 2.38. The molecule has 3 atom stereocenters. The van der Waals surface area contributed by atoms with E-state index in [1.807, 2.05) is 37.3 Å². The summed E-state index contributed by atoms with van der Waals surface area (Å²) in [5.41, 5.74) is -2.26. The number of likely N-dealkylation sites (tertiary alicyclic amines) is 1. The highest BCUT2D eigenvalue weighted by Gasteiger charge is 2.41. The fourth-order valence-electron chi connectivity index (χ4n) is 5.61. The molecule has 44 heavy (non-hydrogen) atoms. The molecule has 2 N–H and O–H groups in total. The van der Waals surface area contributed by atoms with Crippen molar-refractivity contribution in [2.24, 2.45) is 0 Å². The van der Waals surface area contributed by atoms with Gasteiger partial charge in [0, 0.05) is 24.7 Å². The predicted molar refractivity (Wildman–Crippen MR) is 148 cm³/mol. The number of carboxylic acid groups (broad SMARTS) is 1. The largest absolute Gasteiger partial charge is 0.488 e. The van der Waals surface area contributed by atoms with Crippen LogP contribution in [0.15, 0.2) is 60.9 Å². The van der Waals surface area contributed by atoms with E-state index in [0.29, 0.717) is 25.0 Å². The fourth-order valence-corrected chi connectivity index (χ4v) is 5.61. The van der Waals surface area contributed by atoms with Crippen LogP contribution in [0.4, 0.5) is 37.1 Å². The number of aliphatic hydroxyl groups excluding tert-OH is 1. The Morgan fingerprint density at radius 3 is 2.07 bits per heavy atom. The minimum atomic E-state index is -5.02. The Morgan fingerprint density at radius 1 is 0.955 bits per heavy atom. The van der Waals surface area contributed by atoms with Gasteiger partial charge in [-0.1, -0.05) is 37.3 Å². The van der Waals surface area contributed by atoms with Crippen LogP contribution in [-0.4, -0.2) is 62.5 Å². The van der Waals surface area contributed by atoms with Crippen molar-refractivity contribution in [2.45, 2.75) is 69.6 Å². The second-order valence-corrected chi connectivity index (χ2v) is 10.6. The minimum absolute atomic E-state index is 0.0226. The molecule has 2 heterocycles. The van der Waals surface area contributed by atoms with Gasteiger partial charge in [0.15, 0.2) is 5.75 Å². The maximum atomic E-state index is 13.7. The zero-order valence-electron chi connectivity index (χ0n) is 23.7.